The zero-order valence-electron chi connectivity index (χ0n) is 19.2. The Morgan fingerprint density at radius 2 is 1.39 bits per heavy atom. The Morgan fingerprint density at radius 3 is 1.94 bits per heavy atom. The van der Waals surface area contributed by atoms with Crippen LogP contribution in [0.1, 0.15) is 38.5 Å². The number of hydrogen-bond acceptors (Lipinski definition) is 3. The maximum atomic E-state index is 13.5. The standard InChI is InChI=1S/C26H34F2N4O/c27-21-7-11-24(12-8-21)31(25-13-9-22(28)10-14-25)17-4-18-32(23-5-2-1-3-6-23)26(33)30-19-15-29-16-20-30/h7-14,23,29H,1-6,15-20H2. The minimum atomic E-state index is -0.289. The first-order valence-electron chi connectivity index (χ1n) is 12.2. The second-order valence-corrected chi connectivity index (χ2v) is 8.96. The molecular formula is C26H34F2N4O. The first-order chi connectivity index (χ1) is 16.1. The third kappa shape index (κ3) is 6.22. The molecule has 5 nitrogen and oxygen atoms in total. The first-order valence-corrected chi connectivity index (χ1v) is 12.2. The van der Waals surface area contributed by atoms with Crippen molar-refractivity contribution < 1.29 is 13.6 Å². The molecule has 2 aliphatic rings. The summed E-state index contributed by atoms with van der Waals surface area (Å²) in [4.78, 5) is 19.5. The van der Waals surface area contributed by atoms with Gasteiger partial charge < -0.3 is 20.0 Å². The number of carbonyl (C=O) groups is 1. The van der Waals surface area contributed by atoms with E-state index in [-0.39, 0.29) is 17.7 Å². The van der Waals surface area contributed by atoms with Crippen molar-refractivity contribution >= 4 is 17.4 Å². The highest BCUT2D eigenvalue weighted by Crippen LogP contribution is 2.28. The summed E-state index contributed by atoms with van der Waals surface area (Å²) in [5.41, 5.74) is 1.70. The van der Waals surface area contributed by atoms with Crippen LogP contribution in [-0.4, -0.2) is 61.1 Å². The van der Waals surface area contributed by atoms with Gasteiger partial charge >= 0.3 is 6.03 Å². The minimum Gasteiger partial charge on any atom is -0.341 e. The highest BCUT2D eigenvalue weighted by Gasteiger charge is 2.29. The van der Waals surface area contributed by atoms with E-state index in [1.54, 1.807) is 24.3 Å². The van der Waals surface area contributed by atoms with E-state index in [1.165, 1.54) is 43.5 Å². The second-order valence-electron chi connectivity index (χ2n) is 8.96. The maximum absolute atomic E-state index is 13.5. The first kappa shape index (κ1) is 23.5. The normalized spacial score (nSPS) is 17.1. The van der Waals surface area contributed by atoms with Gasteiger partial charge in [0.05, 0.1) is 0 Å². The Morgan fingerprint density at radius 1 is 0.848 bits per heavy atom. The van der Waals surface area contributed by atoms with Gasteiger partial charge in [0.2, 0.25) is 0 Å². The summed E-state index contributed by atoms with van der Waals surface area (Å²) >= 11 is 0. The number of benzene rings is 2. The fourth-order valence-corrected chi connectivity index (χ4v) is 4.91. The predicted molar refractivity (Wildman–Crippen MR) is 128 cm³/mol. The van der Waals surface area contributed by atoms with Crippen LogP contribution in [0.15, 0.2) is 48.5 Å². The van der Waals surface area contributed by atoms with Crippen molar-refractivity contribution in [2.24, 2.45) is 0 Å². The van der Waals surface area contributed by atoms with E-state index < -0.39 is 0 Å². The van der Waals surface area contributed by atoms with Gasteiger partial charge in [0, 0.05) is 56.7 Å². The number of amides is 2. The number of piperazine rings is 1. The SMILES string of the molecule is O=C(N1CCNCC1)N(CCCN(c1ccc(F)cc1)c1ccc(F)cc1)C1CCCCC1. The van der Waals surface area contributed by atoms with Crippen LogP contribution in [0.4, 0.5) is 25.0 Å². The molecule has 0 spiro atoms. The molecule has 0 aromatic heterocycles. The van der Waals surface area contributed by atoms with Gasteiger partial charge in [-0.3, -0.25) is 0 Å². The molecule has 2 amide bonds. The van der Waals surface area contributed by atoms with Crippen molar-refractivity contribution in [1.29, 1.82) is 0 Å². The number of carbonyl (C=O) groups excluding carboxylic acids is 1. The van der Waals surface area contributed by atoms with Gasteiger partial charge in [-0.25, -0.2) is 13.6 Å². The van der Waals surface area contributed by atoms with Crippen molar-refractivity contribution in [3.05, 3.63) is 60.2 Å². The minimum absolute atomic E-state index is 0.151. The molecule has 0 atom stereocenters. The molecule has 1 saturated carbocycles. The molecule has 7 heteroatoms. The lowest BCUT2D eigenvalue weighted by Crippen LogP contribution is -2.54. The van der Waals surface area contributed by atoms with Gasteiger partial charge in [-0.15, -0.1) is 0 Å². The second kappa shape index (κ2) is 11.5. The lowest BCUT2D eigenvalue weighted by molar-refractivity contribution is 0.114. The highest BCUT2D eigenvalue weighted by molar-refractivity contribution is 5.75. The molecule has 0 bridgehead atoms. The van der Waals surface area contributed by atoms with Crippen molar-refractivity contribution in [3.63, 3.8) is 0 Å². The summed E-state index contributed by atoms with van der Waals surface area (Å²) in [5.74, 6) is -0.578. The van der Waals surface area contributed by atoms with Crippen LogP contribution in [0.5, 0.6) is 0 Å². The molecule has 2 fully saturated rings. The Bertz CT molecular complexity index is 833. The summed E-state index contributed by atoms with van der Waals surface area (Å²) in [7, 11) is 0. The molecule has 0 unspecified atom stereocenters. The van der Waals surface area contributed by atoms with Crippen LogP contribution < -0.4 is 10.2 Å². The number of halogens is 2. The summed E-state index contributed by atoms with van der Waals surface area (Å²) in [5, 5.41) is 3.32. The Hall–Kier alpha value is -2.67. The molecule has 33 heavy (non-hydrogen) atoms. The fourth-order valence-electron chi connectivity index (χ4n) is 4.91. The number of urea groups is 1. The van der Waals surface area contributed by atoms with E-state index in [0.717, 1.165) is 56.8 Å². The molecule has 1 saturated heterocycles. The third-order valence-electron chi connectivity index (χ3n) is 6.71. The topological polar surface area (TPSA) is 38.8 Å². The maximum Gasteiger partial charge on any atom is 0.320 e. The fraction of sp³-hybridized carbons (Fsp3) is 0.500. The monoisotopic (exact) mass is 456 g/mol. The van der Waals surface area contributed by atoms with Crippen molar-refractivity contribution in [2.45, 2.75) is 44.6 Å². The number of rotatable bonds is 7. The van der Waals surface area contributed by atoms with Gasteiger partial charge in [-0.2, -0.15) is 0 Å². The third-order valence-corrected chi connectivity index (χ3v) is 6.71. The van der Waals surface area contributed by atoms with Gasteiger partial charge in [0.25, 0.3) is 0 Å². The Labute approximate surface area is 195 Å². The Balaban J connectivity index is 1.47. The van der Waals surface area contributed by atoms with Crippen LogP contribution in [0, 0.1) is 11.6 Å². The van der Waals surface area contributed by atoms with E-state index in [1.807, 2.05) is 4.90 Å². The van der Waals surface area contributed by atoms with Crippen molar-refractivity contribution in [1.82, 2.24) is 15.1 Å². The average molecular weight is 457 g/mol. The highest BCUT2D eigenvalue weighted by atomic mass is 19.1. The Kier molecular flexibility index (Phi) is 8.15. The number of anilines is 2. The molecule has 4 rings (SSSR count). The quantitative estimate of drug-likeness (QED) is 0.626. The lowest BCUT2D eigenvalue weighted by Gasteiger charge is -2.39. The van der Waals surface area contributed by atoms with Crippen LogP contribution >= 0.6 is 0 Å². The molecule has 1 aliphatic heterocycles. The zero-order chi connectivity index (χ0) is 23.0. The van der Waals surface area contributed by atoms with Gasteiger partial charge in [-0.05, 0) is 67.8 Å². The number of hydrogen-bond donors (Lipinski definition) is 1. The molecule has 0 radical (unpaired) electrons. The zero-order valence-corrected chi connectivity index (χ0v) is 19.2. The smallest absolute Gasteiger partial charge is 0.320 e. The molecule has 1 N–H and O–H groups in total. The molecule has 1 heterocycles. The van der Waals surface area contributed by atoms with E-state index in [0.29, 0.717) is 19.1 Å². The van der Waals surface area contributed by atoms with Crippen LogP contribution in [0.25, 0.3) is 0 Å². The molecular weight excluding hydrogens is 422 g/mol. The van der Waals surface area contributed by atoms with Gasteiger partial charge in [-0.1, -0.05) is 19.3 Å². The van der Waals surface area contributed by atoms with E-state index >= 15 is 0 Å². The van der Waals surface area contributed by atoms with Gasteiger partial charge in [0.15, 0.2) is 0 Å². The lowest BCUT2D eigenvalue weighted by atomic mass is 9.94. The molecule has 1 aliphatic carbocycles. The number of nitrogens with one attached hydrogen (secondary N) is 1. The summed E-state index contributed by atoms with van der Waals surface area (Å²) in [6.07, 6.45) is 6.49. The van der Waals surface area contributed by atoms with Crippen LogP contribution in [-0.2, 0) is 0 Å². The molecule has 2 aromatic rings. The van der Waals surface area contributed by atoms with Gasteiger partial charge in [0.1, 0.15) is 11.6 Å². The molecule has 2 aromatic carbocycles. The van der Waals surface area contributed by atoms with Crippen LogP contribution in [0.3, 0.4) is 0 Å². The average Bonchev–Trinajstić information content (AvgIpc) is 2.86. The van der Waals surface area contributed by atoms with Crippen molar-refractivity contribution in [3.8, 4) is 0 Å². The summed E-state index contributed by atoms with van der Waals surface area (Å²) in [6.45, 7) is 4.50. The molecule has 178 valence electrons. The summed E-state index contributed by atoms with van der Waals surface area (Å²) < 4.78 is 27.0. The van der Waals surface area contributed by atoms with E-state index in [4.69, 9.17) is 0 Å². The van der Waals surface area contributed by atoms with E-state index in [9.17, 15) is 13.6 Å². The van der Waals surface area contributed by atoms with E-state index in [2.05, 4.69) is 15.1 Å². The van der Waals surface area contributed by atoms with Crippen LogP contribution in [0.2, 0.25) is 0 Å². The predicted octanol–water partition coefficient (Wildman–Crippen LogP) is 5.15. The van der Waals surface area contributed by atoms with Crippen molar-refractivity contribution in [2.75, 3.05) is 44.2 Å². The summed E-state index contributed by atoms with van der Waals surface area (Å²) in [6, 6.07) is 13.2. The largest absolute Gasteiger partial charge is 0.341 e. The number of nitrogens with zero attached hydrogens (tertiary/aromatic N) is 3.